The highest BCUT2D eigenvalue weighted by atomic mass is 16.3. The fraction of sp³-hybridized carbons (Fsp3) is 0.500. The zero-order chi connectivity index (χ0) is 13.4. The van der Waals surface area contributed by atoms with Gasteiger partial charge in [0.2, 0.25) is 0 Å². The molecule has 1 heteroatoms. The van der Waals surface area contributed by atoms with Crippen LogP contribution in [-0.2, 0) is 10.8 Å². The lowest BCUT2D eigenvalue weighted by atomic mass is 9.73. The van der Waals surface area contributed by atoms with E-state index in [1.807, 2.05) is 6.07 Å². The minimum atomic E-state index is -0.00905. The molecule has 0 aromatic heterocycles. The molecular formula is C16H24O. The van der Waals surface area contributed by atoms with Crippen molar-refractivity contribution in [2.75, 3.05) is 0 Å². The lowest BCUT2D eigenvalue weighted by Gasteiger charge is -2.32. The van der Waals surface area contributed by atoms with Crippen molar-refractivity contribution in [2.45, 2.75) is 52.4 Å². The molecule has 1 aromatic rings. The second-order valence-electron chi connectivity index (χ2n) is 6.63. The molecule has 0 fully saturated rings. The SMILES string of the molecule is C=Cc1c(O)ccc(C(C)(C)C)c1C(C)(C)C. The number of hydrogen-bond acceptors (Lipinski definition) is 1. The molecule has 1 N–H and O–H groups in total. The van der Waals surface area contributed by atoms with Crippen LogP contribution in [0.5, 0.6) is 5.75 Å². The molecule has 0 heterocycles. The molecule has 0 radical (unpaired) electrons. The molecule has 0 bridgehead atoms. The monoisotopic (exact) mass is 232 g/mol. The van der Waals surface area contributed by atoms with Crippen molar-refractivity contribution >= 4 is 6.08 Å². The van der Waals surface area contributed by atoms with Gasteiger partial charge in [-0.2, -0.15) is 0 Å². The Morgan fingerprint density at radius 2 is 1.53 bits per heavy atom. The van der Waals surface area contributed by atoms with E-state index in [9.17, 15) is 5.11 Å². The molecule has 0 aliphatic rings. The van der Waals surface area contributed by atoms with Gasteiger partial charge in [-0.3, -0.25) is 0 Å². The van der Waals surface area contributed by atoms with Crippen LogP contribution in [0.4, 0.5) is 0 Å². The summed E-state index contributed by atoms with van der Waals surface area (Å²) in [5.41, 5.74) is 3.39. The summed E-state index contributed by atoms with van der Waals surface area (Å²) in [7, 11) is 0. The lowest BCUT2D eigenvalue weighted by Crippen LogP contribution is -2.23. The van der Waals surface area contributed by atoms with Crippen molar-refractivity contribution in [1.29, 1.82) is 0 Å². The zero-order valence-electron chi connectivity index (χ0n) is 11.9. The molecule has 0 spiro atoms. The average molecular weight is 232 g/mol. The highest BCUT2D eigenvalue weighted by Crippen LogP contribution is 2.39. The van der Waals surface area contributed by atoms with Gasteiger partial charge in [0.05, 0.1) is 0 Å². The zero-order valence-corrected chi connectivity index (χ0v) is 11.9. The van der Waals surface area contributed by atoms with E-state index in [1.165, 1.54) is 11.1 Å². The standard InChI is InChI=1S/C16H24O/c1-8-11-13(17)10-9-12(15(2,3)4)14(11)16(5,6)7/h8-10,17H,1H2,2-7H3. The van der Waals surface area contributed by atoms with Crippen molar-refractivity contribution in [1.82, 2.24) is 0 Å². The Hall–Kier alpha value is -1.24. The molecule has 0 unspecified atom stereocenters. The van der Waals surface area contributed by atoms with Crippen LogP contribution in [0.15, 0.2) is 18.7 Å². The van der Waals surface area contributed by atoms with Crippen LogP contribution in [-0.4, -0.2) is 5.11 Å². The van der Waals surface area contributed by atoms with Gasteiger partial charge in [-0.1, -0.05) is 60.3 Å². The minimum Gasteiger partial charge on any atom is -0.507 e. The van der Waals surface area contributed by atoms with E-state index in [0.717, 1.165) is 5.56 Å². The molecule has 17 heavy (non-hydrogen) atoms. The van der Waals surface area contributed by atoms with Crippen molar-refractivity contribution in [3.05, 3.63) is 35.4 Å². The van der Waals surface area contributed by atoms with E-state index in [2.05, 4.69) is 48.1 Å². The summed E-state index contributed by atoms with van der Waals surface area (Å²) >= 11 is 0. The van der Waals surface area contributed by atoms with E-state index in [1.54, 1.807) is 12.1 Å². The van der Waals surface area contributed by atoms with Crippen LogP contribution in [0.25, 0.3) is 6.08 Å². The fourth-order valence-electron chi connectivity index (χ4n) is 2.25. The molecule has 0 aliphatic carbocycles. The summed E-state index contributed by atoms with van der Waals surface area (Å²) in [6.45, 7) is 16.9. The maximum absolute atomic E-state index is 9.97. The molecule has 0 saturated heterocycles. The largest absolute Gasteiger partial charge is 0.507 e. The Kier molecular flexibility index (Phi) is 3.42. The molecule has 0 aliphatic heterocycles. The molecule has 1 rings (SSSR count). The molecule has 0 amide bonds. The Morgan fingerprint density at radius 3 is 1.88 bits per heavy atom. The second-order valence-corrected chi connectivity index (χ2v) is 6.63. The van der Waals surface area contributed by atoms with Crippen LogP contribution >= 0.6 is 0 Å². The summed E-state index contributed by atoms with van der Waals surface area (Å²) in [6.07, 6.45) is 1.76. The first kappa shape index (κ1) is 13.8. The third-order valence-corrected chi connectivity index (χ3v) is 2.98. The molecule has 1 nitrogen and oxygen atoms in total. The number of phenolic OH excluding ortho intramolecular Hbond substituents is 1. The highest BCUT2D eigenvalue weighted by Gasteiger charge is 2.28. The molecule has 0 atom stereocenters. The first-order valence-electron chi connectivity index (χ1n) is 6.08. The molecule has 94 valence electrons. The van der Waals surface area contributed by atoms with Crippen LogP contribution < -0.4 is 0 Å². The van der Waals surface area contributed by atoms with Crippen molar-refractivity contribution < 1.29 is 5.11 Å². The Labute approximate surface area is 105 Å². The summed E-state index contributed by atoms with van der Waals surface area (Å²) in [5.74, 6) is 0.318. The maximum Gasteiger partial charge on any atom is 0.123 e. The predicted octanol–water partition coefficient (Wildman–Crippen LogP) is 4.63. The summed E-state index contributed by atoms with van der Waals surface area (Å²) in [5, 5.41) is 9.97. The Bertz CT molecular complexity index is 428. The number of aromatic hydroxyl groups is 1. The van der Waals surface area contributed by atoms with Crippen molar-refractivity contribution in [3.8, 4) is 5.75 Å². The third-order valence-electron chi connectivity index (χ3n) is 2.98. The van der Waals surface area contributed by atoms with Gasteiger partial charge < -0.3 is 5.11 Å². The highest BCUT2D eigenvalue weighted by molar-refractivity contribution is 5.64. The smallest absolute Gasteiger partial charge is 0.123 e. The van der Waals surface area contributed by atoms with Crippen molar-refractivity contribution in [3.63, 3.8) is 0 Å². The maximum atomic E-state index is 9.97. The second kappa shape index (κ2) is 4.21. The first-order valence-corrected chi connectivity index (χ1v) is 6.08. The van der Waals surface area contributed by atoms with E-state index in [4.69, 9.17) is 0 Å². The lowest BCUT2D eigenvalue weighted by molar-refractivity contribution is 0.464. The normalized spacial score (nSPS) is 12.6. The summed E-state index contributed by atoms with van der Waals surface area (Å²) in [6, 6.07) is 3.80. The molecule has 0 saturated carbocycles. The van der Waals surface area contributed by atoms with E-state index in [0.29, 0.717) is 5.75 Å². The average Bonchev–Trinajstić information content (AvgIpc) is 2.13. The van der Waals surface area contributed by atoms with Gasteiger partial charge >= 0.3 is 0 Å². The van der Waals surface area contributed by atoms with Crippen LogP contribution in [0.1, 0.15) is 58.2 Å². The number of rotatable bonds is 1. The van der Waals surface area contributed by atoms with Gasteiger partial charge in [-0.15, -0.1) is 0 Å². The van der Waals surface area contributed by atoms with Gasteiger partial charge in [0.1, 0.15) is 5.75 Å². The predicted molar refractivity (Wildman–Crippen MR) is 75.6 cm³/mol. The fourth-order valence-corrected chi connectivity index (χ4v) is 2.25. The van der Waals surface area contributed by atoms with E-state index >= 15 is 0 Å². The third kappa shape index (κ3) is 2.71. The van der Waals surface area contributed by atoms with Gasteiger partial charge in [-0.25, -0.2) is 0 Å². The minimum absolute atomic E-state index is 0.00905. The quantitative estimate of drug-likeness (QED) is 0.748. The van der Waals surface area contributed by atoms with Crippen molar-refractivity contribution in [2.24, 2.45) is 0 Å². The summed E-state index contributed by atoms with van der Waals surface area (Å²) in [4.78, 5) is 0. The van der Waals surface area contributed by atoms with Crippen LogP contribution in [0, 0.1) is 0 Å². The van der Waals surface area contributed by atoms with Gasteiger partial charge in [0.25, 0.3) is 0 Å². The van der Waals surface area contributed by atoms with Crippen LogP contribution in [0.2, 0.25) is 0 Å². The Morgan fingerprint density at radius 1 is 1.00 bits per heavy atom. The molecule has 1 aromatic carbocycles. The van der Waals surface area contributed by atoms with Gasteiger partial charge in [0.15, 0.2) is 0 Å². The van der Waals surface area contributed by atoms with Gasteiger partial charge in [0, 0.05) is 5.56 Å². The van der Waals surface area contributed by atoms with E-state index < -0.39 is 0 Å². The molecular weight excluding hydrogens is 208 g/mol. The summed E-state index contributed by atoms with van der Waals surface area (Å²) < 4.78 is 0. The topological polar surface area (TPSA) is 20.2 Å². The number of phenols is 1. The van der Waals surface area contributed by atoms with Crippen LogP contribution in [0.3, 0.4) is 0 Å². The van der Waals surface area contributed by atoms with E-state index in [-0.39, 0.29) is 10.8 Å². The van der Waals surface area contributed by atoms with Gasteiger partial charge in [-0.05, 0) is 28.0 Å². The number of hydrogen-bond donors (Lipinski definition) is 1. The number of benzene rings is 1. The first-order chi connectivity index (χ1) is 7.59. The Balaban J connectivity index is 3.70.